The molecule has 2 N–H and O–H groups in total. The van der Waals surface area contributed by atoms with Crippen LogP contribution in [0, 0.1) is 12.3 Å². The molecule has 0 unspecified atom stereocenters. The van der Waals surface area contributed by atoms with Gasteiger partial charge in [-0.05, 0) is 49.1 Å². The number of rotatable bonds is 9. The van der Waals surface area contributed by atoms with Crippen molar-refractivity contribution in [2.45, 2.75) is 62.1 Å². The van der Waals surface area contributed by atoms with E-state index in [0.29, 0.717) is 23.4 Å². The molecule has 240 valence electrons. The smallest absolute Gasteiger partial charge is 0.205 e. The lowest BCUT2D eigenvalue weighted by Crippen LogP contribution is -2.50. The Kier molecular flexibility index (Phi) is 7.53. The van der Waals surface area contributed by atoms with Crippen molar-refractivity contribution in [2.75, 3.05) is 19.0 Å². The first-order valence-electron chi connectivity index (χ1n) is 15.6. The highest BCUT2D eigenvalue weighted by molar-refractivity contribution is 5.84. The Labute approximate surface area is 273 Å². The van der Waals surface area contributed by atoms with E-state index in [0.717, 1.165) is 22.4 Å². The summed E-state index contributed by atoms with van der Waals surface area (Å²) in [7, 11) is 1.65. The summed E-state index contributed by atoms with van der Waals surface area (Å²) in [6.07, 6.45) is 8.16. The van der Waals surface area contributed by atoms with Gasteiger partial charge in [0.05, 0.1) is 20.0 Å². The van der Waals surface area contributed by atoms with Gasteiger partial charge in [-0.25, -0.2) is 15.0 Å². The number of aliphatic hydroxyl groups is 1. The molecule has 0 spiro atoms. The first kappa shape index (κ1) is 30.8. The maximum atomic E-state index is 10.6. The number of anilines is 1. The molecule has 47 heavy (non-hydrogen) atoms. The minimum atomic E-state index is -1.35. The Bertz CT molecular complexity index is 1880. The maximum Gasteiger partial charge on any atom is 0.205 e. The van der Waals surface area contributed by atoms with E-state index in [4.69, 9.17) is 35.3 Å². The molecule has 4 atom stereocenters. The van der Waals surface area contributed by atoms with Crippen LogP contribution >= 0.6 is 0 Å². The van der Waals surface area contributed by atoms with Gasteiger partial charge in [0.25, 0.3) is 0 Å². The summed E-state index contributed by atoms with van der Waals surface area (Å²) < 4.78 is 26.6. The average Bonchev–Trinajstić information content (AvgIpc) is 3.75. The Balaban J connectivity index is 1.41. The number of nitrogens with one attached hydrogen (secondary N) is 1. The average molecular weight is 632 g/mol. The van der Waals surface area contributed by atoms with Crippen LogP contribution in [0.2, 0.25) is 0 Å². The largest absolute Gasteiger partial charge is 0.497 e. The number of aliphatic hydroxyl groups excluding tert-OH is 1. The SMILES string of the molecule is C#C[C@@]12OC(C)(C)O[C@@H]1[C@](CC)(CO)O[C@H]2n1cnc2c(NC(c3ccccc3)(c3ccccc3)c3ccc(OC)cc3)ncnc21. The minimum Gasteiger partial charge on any atom is -0.497 e. The van der Waals surface area contributed by atoms with Crippen molar-refractivity contribution >= 4 is 17.0 Å². The van der Waals surface area contributed by atoms with Crippen LogP contribution in [-0.2, 0) is 19.7 Å². The van der Waals surface area contributed by atoms with Crippen molar-refractivity contribution in [1.29, 1.82) is 0 Å². The minimum absolute atomic E-state index is 0.305. The van der Waals surface area contributed by atoms with E-state index in [-0.39, 0.29) is 6.61 Å². The summed E-state index contributed by atoms with van der Waals surface area (Å²) in [5, 5.41) is 14.4. The number of hydrogen-bond donors (Lipinski definition) is 2. The Morgan fingerprint density at radius 1 is 0.936 bits per heavy atom. The second kappa shape index (κ2) is 11.5. The zero-order chi connectivity index (χ0) is 32.9. The van der Waals surface area contributed by atoms with Crippen LogP contribution < -0.4 is 10.1 Å². The van der Waals surface area contributed by atoms with Crippen molar-refractivity contribution < 1.29 is 24.1 Å². The van der Waals surface area contributed by atoms with Gasteiger partial charge in [-0.3, -0.25) is 4.57 Å². The van der Waals surface area contributed by atoms with Crippen molar-refractivity contribution in [3.05, 3.63) is 114 Å². The third-order valence-electron chi connectivity index (χ3n) is 9.34. The Hall–Kier alpha value is -4.79. The summed E-state index contributed by atoms with van der Waals surface area (Å²) in [5.41, 5.74) is 0.578. The van der Waals surface area contributed by atoms with Gasteiger partial charge in [-0.1, -0.05) is 85.6 Å². The summed E-state index contributed by atoms with van der Waals surface area (Å²) in [6, 6.07) is 28.4. The van der Waals surface area contributed by atoms with Gasteiger partial charge in [0.2, 0.25) is 5.60 Å². The first-order valence-corrected chi connectivity index (χ1v) is 15.6. The summed E-state index contributed by atoms with van der Waals surface area (Å²) in [5.74, 6) is 3.08. The van der Waals surface area contributed by atoms with E-state index >= 15 is 0 Å². The Morgan fingerprint density at radius 3 is 2.15 bits per heavy atom. The topological polar surface area (TPSA) is 113 Å². The van der Waals surface area contributed by atoms with Crippen LogP contribution in [0.4, 0.5) is 5.82 Å². The third-order valence-corrected chi connectivity index (χ3v) is 9.34. The monoisotopic (exact) mass is 631 g/mol. The molecule has 0 radical (unpaired) electrons. The molecule has 10 heteroatoms. The standard InChI is InChI=1S/C37H37N5O5/c1-6-35(22-43)32-36(7-2,47-34(3,4)45-32)33(46-35)42-24-40-29-30(38-23-39-31(29)42)41-37(25-14-10-8-11-15-25,26-16-12-9-13-17-26)27-18-20-28(44-5)21-19-27/h2,8-21,23-24,32-33,43H,6,22H2,1,3-5H3,(H,38,39,41)/t32-,33-,35+,36-/m1/s1. The van der Waals surface area contributed by atoms with Crippen LogP contribution in [0.1, 0.15) is 50.1 Å². The second-order valence-electron chi connectivity index (χ2n) is 12.4. The molecule has 0 saturated carbocycles. The molecule has 3 aromatic carbocycles. The van der Waals surface area contributed by atoms with Crippen LogP contribution in [0.15, 0.2) is 97.6 Å². The molecule has 2 aliphatic heterocycles. The van der Waals surface area contributed by atoms with E-state index in [1.54, 1.807) is 31.9 Å². The van der Waals surface area contributed by atoms with E-state index in [1.165, 1.54) is 6.33 Å². The third kappa shape index (κ3) is 4.69. The number of fused-ring (bicyclic) bond motifs is 2. The van der Waals surface area contributed by atoms with E-state index < -0.39 is 34.9 Å². The van der Waals surface area contributed by atoms with Crippen molar-refractivity contribution in [3.8, 4) is 18.1 Å². The molecule has 2 aliphatic rings. The molecule has 5 aromatic rings. The number of aromatic nitrogens is 4. The van der Waals surface area contributed by atoms with Gasteiger partial charge in [0, 0.05) is 0 Å². The number of hydrogen-bond acceptors (Lipinski definition) is 9. The molecule has 2 fully saturated rings. The normalized spacial score (nSPS) is 24.9. The number of imidazole rings is 1. The maximum absolute atomic E-state index is 10.6. The number of benzene rings is 3. The van der Waals surface area contributed by atoms with E-state index in [2.05, 4.69) is 40.5 Å². The fourth-order valence-corrected chi connectivity index (χ4v) is 7.07. The molecule has 4 heterocycles. The highest BCUT2D eigenvalue weighted by Gasteiger charge is 2.71. The van der Waals surface area contributed by atoms with E-state index in [9.17, 15) is 5.11 Å². The van der Waals surface area contributed by atoms with Gasteiger partial charge in [-0.15, -0.1) is 6.42 Å². The Morgan fingerprint density at radius 2 is 1.57 bits per heavy atom. The van der Waals surface area contributed by atoms with Crippen molar-refractivity contribution in [1.82, 2.24) is 19.5 Å². The number of methoxy groups -OCH3 is 1. The van der Waals surface area contributed by atoms with E-state index in [1.807, 2.05) is 67.6 Å². The molecule has 0 aliphatic carbocycles. The number of ether oxygens (including phenoxy) is 4. The lowest BCUT2D eigenvalue weighted by atomic mass is 9.77. The highest BCUT2D eigenvalue weighted by atomic mass is 16.8. The molecule has 0 bridgehead atoms. The summed E-state index contributed by atoms with van der Waals surface area (Å²) >= 11 is 0. The van der Waals surface area contributed by atoms with Crippen LogP contribution in [-0.4, -0.2) is 61.4 Å². The quantitative estimate of drug-likeness (QED) is 0.162. The number of nitrogens with zero attached hydrogens (tertiary/aromatic N) is 4. The lowest BCUT2D eigenvalue weighted by molar-refractivity contribution is -0.234. The fraction of sp³-hybridized carbons (Fsp3) is 0.324. The van der Waals surface area contributed by atoms with Gasteiger partial charge in [-0.2, -0.15) is 0 Å². The molecular formula is C37H37N5O5. The van der Waals surface area contributed by atoms with Crippen LogP contribution in [0.3, 0.4) is 0 Å². The van der Waals surface area contributed by atoms with Gasteiger partial charge in [0.15, 0.2) is 29.0 Å². The van der Waals surface area contributed by atoms with Crippen molar-refractivity contribution in [2.24, 2.45) is 0 Å². The molecule has 2 aromatic heterocycles. The summed E-state index contributed by atoms with van der Waals surface area (Å²) in [6.45, 7) is 5.24. The van der Waals surface area contributed by atoms with Gasteiger partial charge < -0.3 is 29.4 Å². The van der Waals surface area contributed by atoms with Gasteiger partial charge >= 0.3 is 0 Å². The molecule has 10 nitrogen and oxygen atoms in total. The molecular weight excluding hydrogens is 594 g/mol. The predicted molar refractivity (Wildman–Crippen MR) is 177 cm³/mol. The van der Waals surface area contributed by atoms with Crippen LogP contribution in [0.5, 0.6) is 5.75 Å². The second-order valence-corrected chi connectivity index (χ2v) is 12.4. The zero-order valence-electron chi connectivity index (χ0n) is 26.8. The molecule has 0 amide bonds. The molecule has 2 saturated heterocycles. The zero-order valence-corrected chi connectivity index (χ0v) is 26.8. The van der Waals surface area contributed by atoms with Gasteiger partial charge in [0.1, 0.15) is 29.3 Å². The highest BCUT2D eigenvalue weighted by Crippen LogP contribution is 2.56. The number of terminal acetylenes is 1. The first-order chi connectivity index (χ1) is 22.8. The lowest BCUT2D eigenvalue weighted by Gasteiger charge is -2.37. The summed E-state index contributed by atoms with van der Waals surface area (Å²) in [4.78, 5) is 14.2. The predicted octanol–water partition coefficient (Wildman–Crippen LogP) is 5.43. The molecule has 7 rings (SSSR count). The fourth-order valence-electron chi connectivity index (χ4n) is 7.07. The van der Waals surface area contributed by atoms with Crippen LogP contribution in [0.25, 0.3) is 11.2 Å². The van der Waals surface area contributed by atoms with Crippen molar-refractivity contribution in [3.63, 3.8) is 0 Å².